The number of carbonyl (C=O) groups excluding carboxylic acids is 1. The number of nitrogens with two attached hydrogens (primary N) is 1. The third-order valence-corrected chi connectivity index (χ3v) is 7.65. The largest absolute Gasteiger partial charge is 0.482 e. The van der Waals surface area contributed by atoms with E-state index in [2.05, 4.69) is 16.2 Å². The van der Waals surface area contributed by atoms with Gasteiger partial charge in [0.2, 0.25) is 5.91 Å². The fraction of sp³-hybridized carbons (Fsp3) is 0.414. The Morgan fingerprint density at radius 2 is 1.93 bits per heavy atom. The molecule has 2 atom stereocenters. The lowest BCUT2D eigenvalue weighted by Crippen LogP contribution is -2.49. The Labute approximate surface area is 232 Å². The van der Waals surface area contributed by atoms with Crippen LogP contribution in [-0.4, -0.2) is 54.3 Å². The van der Waals surface area contributed by atoms with Gasteiger partial charge in [-0.15, -0.1) is 0 Å². The molecule has 0 radical (unpaired) electrons. The number of likely N-dealkylation sites (tertiary alicyclic amines) is 1. The van der Waals surface area contributed by atoms with Crippen molar-refractivity contribution in [3.63, 3.8) is 0 Å². The van der Waals surface area contributed by atoms with Crippen LogP contribution in [0.15, 0.2) is 43.0 Å². The Balaban J connectivity index is 1.41. The zero-order valence-electron chi connectivity index (χ0n) is 23.1. The third kappa shape index (κ3) is 5.14. The van der Waals surface area contributed by atoms with E-state index in [0.717, 1.165) is 35.9 Å². The van der Waals surface area contributed by atoms with E-state index in [1.54, 1.807) is 10.6 Å². The van der Waals surface area contributed by atoms with Crippen LogP contribution in [0.25, 0.3) is 16.6 Å². The summed E-state index contributed by atoms with van der Waals surface area (Å²) in [4.78, 5) is 18.7. The van der Waals surface area contributed by atoms with Gasteiger partial charge in [-0.2, -0.15) is 15.5 Å². The van der Waals surface area contributed by atoms with Crippen LogP contribution in [-0.2, 0) is 4.79 Å². The number of nitrogens with zero attached hydrogens (tertiary/aromatic N) is 7. The molecule has 5 heterocycles. The summed E-state index contributed by atoms with van der Waals surface area (Å²) in [6.07, 6.45) is 7.42. The van der Waals surface area contributed by atoms with E-state index in [9.17, 15) is 14.4 Å². The van der Waals surface area contributed by atoms with Crippen molar-refractivity contribution in [2.75, 3.05) is 13.1 Å². The van der Waals surface area contributed by atoms with Gasteiger partial charge in [0.1, 0.15) is 34.8 Å². The molecule has 1 aliphatic heterocycles. The van der Waals surface area contributed by atoms with Crippen molar-refractivity contribution >= 4 is 11.4 Å². The maximum Gasteiger partial charge on any atom is 0.239 e. The number of halogens is 1. The molecule has 5 rings (SSSR count). The van der Waals surface area contributed by atoms with Gasteiger partial charge in [-0.1, -0.05) is 13.8 Å². The number of aromatic nitrogens is 5. The number of pyridine rings is 2. The van der Waals surface area contributed by atoms with Gasteiger partial charge in [0.15, 0.2) is 0 Å². The van der Waals surface area contributed by atoms with Crippen molar-refractivity contribution < 1.29 is 13.9 Å². The van der Waals surface area contributed by atoms with E-state index < -0.39 is 18.0 Å². The topological polar surface area (TPSA) is 127 Å². The Bertz CT molecular complexity index is 1560. The van der Waals surface area contributed by atoms with Crippen molar-refractivity contribution in [3.8, 4) is 22.9 Å². The van der Waals surface area contributed by atoms with E-state index >= 15 is 0 Å². The number of ether oxygens (including phenoxy) is 1. The molecular formula is C29H33FN8O2. The Kier molecular flexibility index (Phi) is 7.54. The summed E-state index contributed by atoms with van der Waals surface area (Å²) in [6, 6.07) is 6.64. The van der Waals surface area contributed by atoms with Crippen molar-refractivity contribution in [2.45, 2.75) is 58.7 Å². The second-order valence-corrected chi connectivity index (χ2v) is 10.6. The SMILES string of the molecule is Cc1c(-c2cc(O[C@H](C)c3ccc(F)cn3)c3c(C#N)cnn3c2)cnn1C1CCN(C(=O)[C@@H](N)C(C)C)CC1. The Hall–Kier alpha value is -4.30. The van der Waals surface area contributed by atoms with Crippen LogP contribution in [0, 0.1) is 30.0 Å². The first-order chi connectivity index (χ1) is 19.2. The summed E-state index contributed by atoms with van der Waals surface area (Å²) in [5, 5.41) is 18.8. The van der Waals surface area contributed by atoms with Gasteiger partial charge in [-0.05, 0) is 50.8 Å². The van der Waals surface area contributed by atoms with Crippen molar-refractivity contribution in [1.82, 2.24) is 29.3 Å². The average molecular weight is 545 g/mol. The normalized spacial score (nSPS) is 15.8. The predicted octanol–water partition coefficient (Wildman–Crippen LogP) is 4.20. The molecule has 1 saturated heterocycles. The fourth-order valence-corrected chi connectivity index (χ4v) is 5.18. The number of amides is 1. The van der Waals surface area contributed by atoms with Crippen LogP contribution >= 0.6 is 0 Å². The van der Waals surface area contributed by atoms with Crippen LogP contribution in [0.3, 0.4) is 0 Å². The number of carbonyl (C=O) groups is 1. The molecule has 0 bridgehead atoms. The number of nitriles is 1. The fourth-order valence-electron chi connectivity index (χ4n) is 5.18. The van der Waals surface area contributed by atoms with Crippen molar-refractivity contribution in [3.05, 3.63) is 65.8 Å². The zero-order chi connectivity index (χ0) is 28.6. The van der Waals surface area contributed by atoms with Gasteiger partial charge >= 0.3 is 0 Å². The lowest BCUT2D eigenvalue weighted by Gasteiger charge is -2.34. The van der Waals surface area contributed by atoms with E-state index in [0.29, 0.717) is 35.6 Å². The summed E-state index contributed by atoms with van der Waals surface area (Å²) < 4.78 is 23.3. The molecule has 0 aromatic carbocycles. The van der Waals surface area contributed by atoms with Crippen molar-refractivity contribution in [1.29, 1.82) is 5.26 Å². The molecule has 1 amide bonds. The van der Waals surface area contributed by atoms with Crippen molar-refractivity contribution in [2.24, 2.45) is 11.7 Å². The monoisotopic (exact) mass is 544 g/mol. The molecule has 10 nitrogen and oxygen atoms in total. The van der Waals surface area contributed by atoms with Gasteiger partial charge in [-0.3, -0.25) is 14.5 Å². The molecular weight excluding hydrogens is 511 g/mol. The van der Waals surface area contributed by atoms with Crippen LogP contribution < -0.4 is 10.5 Å². The number of piperidine rings is 1. The highest BCUT2D eigenvalue weighted by atomic mass is 19.1. The first-order valence-corrected chi connectivity index (χ1v) is 13.5. The predicted molar refractivity (Wildman–Crippen MR) is 147 cm³/mol. The van der Waals surface area contributed by atoms with Gasteiger partial charge in [-0.25, -0.2) is 8.91 Å². The highest BCUT2D eigenvalue weighted by molar-refractivity contribution is 5.82. The van der Waals surface area contributed by atoms with Gasteiger partial charge in [0, 0.05) is 36.1 Å². The van der Waals surface area contributed by atoms with Crippen LogP contribution in [0.5, 0.6) is 5.75 Å². The number of hydrogen-bond acceptors (Lipinski definition) is 7. The smallest absolute Gasteiger partial charge is 0.239 e. The quantitative estimate of drug-likeness (QED) is 0.369. The Morgan fingerprint density at radius 1 is 1.18 bits per heavy atom. The molecule has 40 heavy (non-hydrogen) atoms. The zero-order valence-corrected chi connectivity index (χ0v) is 23.1. The molecule has 0 saturated carbocycles. The molecule has 2 N–H and O–H groups in total. The molecule has 0 spiro atoms. The highest BCUT2D eigenvalue weighted by Crippen LogP contribution is 2.35. The number of rotatable bonds is 7. The molecule has 0 unspecified atom stereocenters. The number of fused-ring (bicyclic) bond motifs is 1. The van der Waals surface area contributed by atoms with Crippen LogP contribution in [0.1, 0.15) is 62.7 Å². The van der Waals surface area contributed by atoms with Gasteiger partial charge in [0.25, 0.3) is 0 Å². The molecule has 1 aliphatic rings. The minimum Gasteiger partial charge on any atom is -0.482 e. The molecule has 11 heteroatoms. The van der Waals surface area contributed by atoms with Gasteiger partial charge < -0.3 is 15.4 Å². The molecule has 4 aromatic rings. The van der Waals surface area contributed by atoms with Crippen LogP contribution in [0.2, 0.25) is 0 Å². The second kappa shape index (κ2) is 11.1. The number of hydrogen-bond donors (Lipinski definition) is 1. The van der Waals surface area contributed by atoms with Gasteiger partial charge in [0.05, 0.1) is 36.4 Å². The first kappa shape index (κ1) is 27.3. The average Bonchev–Trinajstić information content (AvgIpc) is 3.55. The minimum atomic E-state index is -0.498. The molecule has 208 valence electrons. The van der Waals surface area contributed by atoms with E-state index in [1.165, 1.54) is 12.3 Å². The molecule has 4 aromatic heterocycles. The summed E-state index contributed by atoms with van der Waals surface area (Å²) in [5.41, 5.74) is 10.3. The first-order valence-electron chi connectivity index (χ1n) is 13.5. The van der Waals surface area contributed by atoms with Crippen LogP contribution in [0.4, 0.5) is 4.39 Å². The third-order valence-electron chi connectivity index (χ3n) is 7.65. The Morgan fingerprint density at radius 3 is 2.58 bits per heavy atom. The second-order valence-electron chi connectivity index (χ2n) is 10.6. The summed E-state index contributed by atoms with van der Waals surface area (Å²) in [7, 11) is 0. The lowest BCUT2D eigenvalue weighted by atomic mass is 10.00. The lowest BCUT2D eigenvalue weighted by molar-refractivity contribution is -0.134. The minimum absolute atomic E-state index is 0.00758. The van der Waals surface area contributed by atoms with E-state index in [4.69, 9.17) is 15.6 Å². The maximum absolute atomic E-state index is 13.4. The highest BCUT2D eigenvalue weighted by Gasteiger charge is 2.29. The molecule has 0 aliphatic carbocycles. The summed E-state index contributed by atoms with van der Waals surface area (Å²) in [6.45, 7) is 9.05. The standard InChI is InChI=1S/C29H33FN8O2/c1-17(2)27(32)29(39)36-9-7-23(8-10-36)38-18(3)24(15-35-38)20-11-26(28-21(12-31)13-34-37(28)16-20)40-19(4)25-6-5-22(30)14-33-25/h5-6,11,13-17,19,23,27H,7-10,32H2,1-4H3/t19-,27+/m1/s1. The van der Waals surface area contributed by atoms with E-state index in [-0.39, 0.29) is 17.9 Å². The maximum atomic E-state index is 13.4. The summed E-state index contributed by atoms with van der Waals surface area (Å²) in [5.74, 6) is 0.145. The molecule has 1 fully saturated rings. The summed E-state index contributed by atoms with van der Waals surface area (Å²) >= 11 is 0. The van der Waals surface area contributed by atoms with E-state index in [1.807, 2.05) is 55.7 Å².